The molecule has 4 heterocycles. The highest BCUT2D eigenvalue weighted by atomic mass is 16.7. The number of aliphatic carboxylic acids is 1. The molecule has 5 amide bonds. The van der Waals surface area contributed by atoms with Crippen LogP contribution in [0.4, 0.5) is 0 Å². The zero-order chi connectivity index (χ0) is 61.2. The number of hydrogen-bond acceptors (Lipinski definition) is 24. The zero-order valence-electron chi connectivity index (χ0n) is 46.8. The average Bonchev–Trinajstić information content (AvgIpc) is 1.40. The number of fused-ring (bicyclic) bond motifs is 6. The van der Waals surface area contributed by atoms with Gasteiger partial charge in [0.2, 0.25) is 29.4 Å². The Bertz CT molecular complexity index is 2860. The third kappa shape index (κ3) is 12.9. The second-order valence-electron chi connectivity index (χ2n) is 21.1. The fourth-order valence-electron chi connectivity index (χ4n) is 11.2. The Morgan fingerprint density at radius 3 is 2.29 bits per heavy atom. The van der Waals surface area contributed by atoms with Gasteiger partial charge in [0.1, 0.15) is 65.5 Å². The number of phenols is 2. The van der Waals surface area contributed by atoms with Crippen molar-refractivity contribution in [3.05, 3.63) is 51.6 Å². The molecule has 456 valence electrons. The van der Waals surface area contributed by atoms with E-state index in [4.69, 9.17) is 44.4 Å². The van der Waals surface area contributed by atoms with Crippen LogP contribution in [0.5, 0.6) is 17.2 Å². The van der Waals surface area contributed by atoms with Gasteiger partial charge < -0.3 is 105 Å². The predicted molar refractivity (Wildman–Crippen MR) is 276 cm³/mol. The number of nitrogens with one attached hydrogen (secondary N) is 5. The lowest BCUT2D eigenvalue weighted by Gasteiger charge is -2.43. The number of benzene rings is 2. The number of rotatable bonds is 22. The van der Waals surface area contributed by atoms with Crippen LogP contribution in [0.25, 0.3) is 0 Å². The quantitative estimate of drug-likeness (QED) is 0.0335. The van der Waals surface area contributed by atoms with Crippen LogP contribution in [0.15, 0.2) is 18.2 Å². The van der Waals surface area contributed by atoms with Gasteiger partial charge in [-0.25, -0.2) is 0 Å². The molecule has 2 aromatic rings. The van der Waals surface area contributed by atoms with Gasteiger partial charge >= 0.3 is 5.97 Å². The number of ketones is 2. The largest absolute Gasteiger partial charge is 0.507 e. The zero-order valence-corrected chi connectivity index (χ0v) is 45.8. The van der Waals surface area contributed by atoms with Crippen LogP contribution in [0.3, 0.4) is 0 Å². The highest BCUT2D eigenvalue weighted by molar-refractivity contribution is 6.31. The number of methoxy groups -OCH3 is 2. The number of morpholine rings is 1. The molecule has 16 atom stereocenters. The molecule has 30 nitrogen and oxygen atoms in total. The molecule has 0 saturated carbocycles. The first-order valence-electron chi connectivity index (χ1n) is 27.4. The van der Waals surface area contributed by atoms with E-state index in [1.165, 1.54) is 46.3 Å². The number of aliphatic hydroxyl groups is 5. The number of amides is 5. The summed E-state index contributed by atoms with van der Waals surface area (Å²) < 4.78 is 54.6. The maximum Gasteiger partial charge on any atom is 0.303 e. The van der Waals surface area contributed by atoms with Gasteiger partial charge in [-0.2, -0.15) is 0 Å². The molecule has 4 aliphatic heterocycles. The molecule has 0 aromatic heterocycles. The lowest BCUT2D eigenvalue weighted by atomic mass is 9.72. The molecule has 13 N–H and O–H groups in total. The molecule has 1 unspecified atom stereocenters. The Balaban J connectivity index is 1.00. The van der Waals surface area contributed by atoms with Crippen LogP contribution in [0.2, 0.25) is 0 Å². The van der Waals surface area contributed by atoms with Crippen molar-refractivity contribution in [1.82, 2.24) is 31.5 Å². The topological polar surface area (TPSA) is 436 Å². The number of carboxylic acids is 1. The van der Waals surface area contributed by atoms with Crippen molar-refractivity contribution < 1.29 is 118 Å². The van der Waals surface area contributed by atoms with Crippen LogP contribution >= 0.6 is 0 Å². The first-order valence-corrected chi connectivity index (χ1v) is 26.8. The second-order valence-corrected chi connectivity index (χ2v) is 21.1. The summed E-state index contributed by atoms with van der Waals surface area (Å²) >= 11 is 0. The van der Waals surface area contributed by atoms with Crippen molar-refractivity contribution in [2.45, 2.75) is 144 Å². The van der Waals surface area contributed by atoms with Crippen LogP contribution in [0, 0.1) is 5.92 Å². The Morgan fingerprint density at radius 2 is 1.60 bits per heavy atom. The summed E-state index contributed by atoms with van der Waals surface area (Å²) in [6.45, 7) is 2.21. The van der Waals surface area contributed by atoms with E-state index in [1.807, 2.05) is 4.90 Å². The van der Waals surface area contributed by atoms with Crippen molar-refractivity contribution in [3.8, 4) is 17.2 Å². The number of carboxylic acid groups (broad SMARTS) is 1. The number of aliphatic hydroxyl groups excluding tert-OH is 4. The standard InChI is InChI=1S/C53H70N6O24/c1-21(2)38(58-31(62)18-56-30(61)9-10-32(63)64)48(73)57-25(20-79-50-45(71)44(70)41(67)29(19-60)82-50)47(72)54-11-12-55-52(74)53(75)16-24-35(43(69)37-36(40(24)66)39(65)23-7-6-8-27(76-4)34(23)42(37)68)28(17-53)81-33-15-26-46(22(3)80-33)83-49-51(77-5)78-14-13-59(26)49/h6-8,21-22,25-26,28-29,33,38,41,44-46,49-51,60,66-67,69-71,75H,9-20H2,1-5H3,(H,54,72)(H,55,74)(H,56,61)(H,57,73)(H,58,62)(H,63,64)/t22-,25-,26-,28-,29+,33-,38-,41+,44-,45+,46+,49+,50+,51-,53-/m0/s1/i9T/t9?,22-,25-,26-,28-,29+,33-,38-,41+,44-,45+,46+,49+,50+,51-,53-. The number of carbonyl (C=O) groups excluding carboxylic acids is 7. The van der Waals surface area contributed by atoms with E-state index in [-0.39, 0.29) is 40.5 Å². The minimum absolute atomic E-state index is 0.0176. The summed E-state index contributed by atoms with van der Waals surface area (Å²) in [5, 5.41) is 98.6. The number of hydrogen-bond donors (Lipinski definition) is 13. The molecule has 2 aromatic carbocycles. The Kier molecular flexibility index (Phi) is 19.3. The summed E-state index contributed by atoms with van der Waals surface area (Å²) in [6.07, 6.45) is -17.7. The molecule has 8 rings (SSSR count). The van der Waals surface area contributed by atoms with Crippen molar-refractivity contribution in [3.63, 3.8) is 0 Å². The van der Waals surface area contributed by atoms with Gasteiger partial charge in [-0.1, -0.05) is 26.0 Å². The summed E-state index contributed by atoms with van der Waals surface area (Å²) in [5.41, 5.74) is -4.52. The minimum atomic E-state index is -2.53. The van der Waals surface area contributed by atoms with E-state index in [0.29, 0.717) is 13.2 Å². The van der Waals surface area contributed by atoms with Crippen LogP contribution < -0.4 is 31.3 Å². The van der Waals surface area contributed by atoms with Crippen molar-refractivity contribution in [2.75, 3.05) is 60.2 Å². The molecule has 0 spiro atoms. The van der Waals surface area contributed by atoms with E-state index in [9.17, 15) is 74.1 Å². The van der Waals surface area contributed by atoms with Gasteiger partial charge in [0.15, 0.2) is 30.9 Å². The van der Waals surface area contributed by atoms with Crippen LogP contribution in [0.1, 0.15) is 96.9 Å². The normalized spacial score (nSPS) is 30.4. The average molecular weight is 1180 g/mol. The maximum absolute atomic E-state index is 14.4. The fraction of sp³-hybridized carbons (Fsp3) is 0.623. The summed E-state index contributed by atoms with van der Waals surface area (Å²) in [5.74, 6) is -10.6. The van der Waals surface area contributed by atoms with Crippen molar-refractivity contribution in [1.29, 1.82) is 0 Å². The smallest absolute Gasteiger partial charge is 0.303 e. The molecule has 2 aliphatic carbocycles. The second kappa shape index (κ2) is 26.2. The van der Waals surface area contributed by atoms with E-state index < -0.39 is 220 Å². The molecular weight excluding hydrogens is 1100 g/mol. The number of nitrogens with zero attached hydrogens (tertiary/aromatic N) is 1. The van der Waals surface area contributed by atoms with Gasteiger partial charge in [0, 0.05) is 76.5 Å². The van der Waals surface area contributed by atoms with Crippen molar-refractivity contribution >= 4 is 47.1 Å². The highest BCUT2D eigenvalue weighted by Gasteiger charge is 2.56. The minimum Gasteiger partial charge on any atom is -0.507 e. The molecule has 4 fully saturated rings. The Hall–Kier alpha value is -6.52. The van der Waals surface area contributed by atoms with Crippen LogP contribution in [-0.4, -0.2) is 238 Å². The molecular formula is C53H70N6O24. The number of aromatic hydroxyl groups is 2. The van der Waals surface area contributed by atoms with E-state index in [2.05, 4.69) is 26.6 Å². The Morgan fingerprint density at radius 1 is 0.880 bits per heavy atom. The van der Waals surface area contributed by atoms with Gasteiger partial charge in [-0.15, -0.1) is 0 Å². The van der Waals surface area contributed by atoms with Crippen molar-refractivity contribution in [2.24, 2.45) is 5.92 Å². The highest BCUT2D eigenvalue weighted by Crippen LogP contribution is 2.53. The number of carbonyl (C=O) groups is 8. The maximum atomic E-state index is 14.4. The summed E-state index contributed by atoms with van der Waals surface area (Å²) in [7, 11) is 2.77. The SMILES string of the molecule is [3H]C(CC(=O)O)C(=O)NCC(=O)N[C@H](C(=O)N[C@@H](CO[C@@H]1O[C@H](CO)[C@@H](O)[C@H](O)[C@H]1O)C(=O)NCCNC(=O)[C@]1(O)Cc2c(O)c3c(c(O)c2[C@@H](O[C@H]2C[C@H]4[C@H](O[C@@H]5[C@@H](OC)OCCN54)[C@H](C)O2)C1)C(=O)c1c(OC)cccc1C3=O)C(C)C. The molecule has 30 heteroatoms. The number of ether oxygens (including phenoxy) is 8. The Labute approximate surface area is 475 Å². The first kappa shape index (κ1) is 61.1. The van der Waals surface area contributed by atoms with Gasteiger partial charge in [0.25, 0.3) is 5.91 Å². The molecule has 83 heavy (non-hydrogen) atoms. The van der Waals surface area contributed by atoms with E-state index in [0.717, 1.165) is 0 Å². The van der Waals surface area contributed by atoms with Crippen LogP contribution in [-0.2, 0) is 68.3 Å². The van der Waals surface area contributed by atoms with Gasteiger partial charge in [-0.3, -0.25) is 43.3 Å². The summed E-state index contributed by atoms with van der Waals surface area (Å²) in [6, 6.07) is 0.738. The lowest BCUT2D eigenvalue weighted by molar-refractivity contribution is -0.301. The fourth-order valence-corrected chi connectivity index (χ4v) is 11.2. The third-order valence-corrected chi connectivity index (χ3v) is 15.4. The molecule has 6 aliphatic rings. The summed E-state index contributed by atoms with van der Waals surface area (Å²) in [4.78, 5) is 109. The first-order chi connectivity index (χ1) is 39.8. The monoisotopic (exact) mass is 1180 g/mol. The van der Waals surface area contributed by atoms with E-state index in [1.54, 1.807) is 6.92 Å². The molecule has 4 saturated heterocycles. The lowest BCUT2D eigenvalue weighted by Crippen LogP contribution is -2.61. The van der Waals surface area contributed by atoms with Gasteiger partial charge in [-0.05, 0) is 18.9 Å². The number of phenolic OH excluding ortho intramolecular Hbond substituents is 2. The third-order valence-electron chi connectivity index (χ3n) is 15.4. The van der Waals surface area contributed by atoms with E-state index >= 15 is 0 Å². The van der Waals surface area contributed by atoms with Gasteiger partial charge in [0.05, 0.1) is 68.8 Å². The molecule has 0 bridgehead atoms. The predicted octanol–water partition coefficient (Wildman–Crippen LogP) is -4.19. The molecule has 0 radical (unpaired) electrons.